The second-order valence-corrected chi connectivity index (χ2v) is 3.83. The van der Waals surface area contributed by atoms with E-state index in [0.717, 1.165) is 29.9 Å². The molecular formula is C12H15NO2. The monoisotopic (exact) mass is 205 g/mol. The van der Waals surface area contributed by atoms with Gasteiger partial charge in [0, 0.05) is 18.2 Å². The van der Waals surface area contributed by atoms with Crippen molar-refractivity contribution in [3.05, 3.63) is 29.3 Å². The molecule has 80 valence electrons. The number of rotatable bonds is 1. The second kappa shape index (κ2) is 3.93. The Balaban J connectivity index is 2.51. The van der Waals surface area contributed by atoms with Crippen LogP contribution in [0.4, 0.5) is 0 Å². The third kappa shape index (κ3) is 1.69. The van der Waals surface area contributed by atoms with Crippen molar-refractivity contribution in [1.29, 1.82) is 0 Å². The molecule has 15 heavy (non-hydrogen) atoms. The summed E-state index contributed by atoms with van der Waals surface area (Å²) >= 11 is 0. The minimum Gasteiger partial charge on any atom is -0.493 e. The zero-order valence-electron chi connectivity index (χ0n) is 9.04. The van der Waals surface area contributed by atoms with Crippen molar-refractivity contribution in [2.24, 2.45) is 0 Å². The van der Waals surface area contributed by atoms with Crippen LogP contribution in [0.15, 0.2) is 18.2 Å². The predicted octanol–water partition coefficient (Wildman–Crippen LogP) is 1.93. The largest absolute Gasteiger partial charge is 0.493 e. The maximum Gasteiger partial charge on any atom is 0.251 e. The maximum atomic E-state index is 11.7. The molecule has 1 aliphatic rings. The summed E-state index contributed by atoms with van der Waals surface area (Å²) in [7, 11) is 1.65. The molecule has 1 aliphatic heterocycles. The van der Waals surface area contributed by atoms with Gasteiger partial charge >= 0.3 is 0 Å². The minimum atomic E-state index is -0.0378. The highest BCUT2D eigenvalue weighted by molar-refractivity contribution is 5.96. The van der Waals surface area contributed by atoms with Gasteiger partial charge in [-0.05, 0) is 24.5 Å². The van der Waals surface area contributed by atoms with Gasteiger partial charge in [-0.1, -0.05) is 13.0 Å². The molecular weight excluding hydrogens is 190 g/mol. The summed E-state index contributed by atoms with van der Waals surface area (Å²) in [4.78, 5) is 11.7. The van der Waals surface area contributed by atoms with Crippen molar-refractivity contribution in [1.82, 2.24) is 5.32 Å². The molecule has 0 saturated carbocycles. The number of benzene rings is 1. The molecule has 0 bridgehead atoms. The van der Waals surface area contributed by atoms with Gasteiger partial charge in [0.15, 0.2) is 0 Å². The van der Waals surface area contributed by atoms with Crippen molar-refractivity contribution >= 4 is 5.91 Å². The Bertz CT molecular complexity index is 387. The molecule has 3 nitrogen and oxygen atoms in total. The summed E-state index contributed by atoms with van der Waals surface area (Å²) in [5.74, 6) is 1.21. The molecule has 1 aromatic carbocycles. The topological polar surface area (TPSA) is 38.3 Å². The van der Waals surface area contributed by atoms with E-state index in [-0.39, 0.29) is 5.91 Å². The molecule has 0 saturated heterocycles. The molecule has 1 N–H and O–H groups in total. The van der Waals surface area contributed by atoms with Gasteiger partial charge in [-0.3, -0.25) is 4.79 Å². The normalized spacial score (nSPS) is 18.9. The number of hydrogen-bond acceptors (Lipinski definition) is 2. The fourth-order valence-corrected chi connectivity index (χ4v) is 2.00. The first kappa shape index (κ1) is 10.0. The zero-order valence-corrected chi connectivity index (χ0v) is 9.04. The van der Waals surface area contributed by atoms with Crippen molar-refractivity contribution in [2.75, 3.05) is 13.7 Å². The van der Waals surface area contributed by atoms with E-state index in [1.165, 1.54) is 0 Å². The van der Waals surface area contributed by atoms with Crippen LogP contribution in [-0.4, -0.2) is 19.6 Å². The summed E-state index contributed by atoms with van der Waals surface area (Å²) in [6.45, 7) is 2.87. The summed E-state index contributed by atoms with van der Waals surface area (Å²) in [6.07, 6.45) is 0.973. The number of carbonyl (C=O) groups excluding carboxylic acids is 1. The third-order valence-corrected chi connectivity index (χ3v) is 2.84. The Labute approximate surface area is 89.4 Å². The average molecular weight is 205 g/mol. The SMILES string of the molecule is CNC(=O)c1cccc2c1C(C)CCO2. The van der Waals surface area contributed by atoms with Crippen molar-refractivity contribution in [3.8, 4) is 5.75 Å². The Morgan fingerprint density at radius 2 is 2.33 bits per heavy atom. The minimum absolute atomic E-state index is 0.0378. The molecule has 0 fully saturated rings. The van der Waals surface area contributed by atoms with E-state index < -0.39 is 0 Å². The Hall–Kier alpha value is -1.51. The van der Waals surface area contributed by atoms with E-state index in [9.17, 15) is 4.79 Å². The highest BCUT2D eigenvalue weighted by Crippen LogP contribution is 2.35. The molecule has 1 atom stereocenters. The van der Waals surface area contributed by atoms with E-state index in [1.54, 1.807) is 7.05 Å². The Kier molecular flexibility index (Phi) is 2.62. The molecule has 0 radical (unpaired) electrons. The lowest BCUT2D eigenvalue weighted by molar-refractivity contribution is 0.0960. The molecule has 3 heteroatoms. The van der Waals surface area contributed by atoms with Crippen molar-refractivity contribution < 1.29 is 9.53 Å². The maximum absolute atomic E-state index is 11.7. The second-order valence-electron chi connectivity index (χ2n) is 3.83. The summed E-state index contributed by atoms with van der Waals surface area (Å²) in [5, 5.41) is 2.66. The standard InChI is InChI=1S/C12H15NO2/c1-8-6-7-15-10-5-3-4-9(11(8)10)12(14)13-2/h3-5,8H,6-7H2,1-2H3,(H,13,14). The molecule has 2 rings (SSSR count). The fraction of sp³-hybridized carbons (Fsp3) is 0.417. The number of amides is 1. The first-order chi connectivity index (χ1) is 7.24. The summed E-state index contributed by atoms with van der Waals surface area (Å²) in [6, 6.07) is 5.64. The number of hydrogen-bond donors (Lipinski definition) is 1. The predicted molar refractivity (Wildman–Crippen MR) is 58.4 cm³/mol. The smallest absolute Gasteiger partial charge is 0.251 e. The summed E-state index contributed by atoms with van der Waals surface area (Å²) < 4.78 is 5.55. The Morgan fingerprint density at radius 3 is 3.07 bits per heavy atom. The van der Waals surface area contributed by atoms with Gasteiger partial charge in [-0.2, -0.15) is 0 Å². The quantitative estimate of drug-likeness (QED) is 0.760. The molecule has 1 aromatic rings. The van der Waals surface area contributed by atoms with Gasteiger partial charge in [0.1, 0.15) is 5.75 Å². The molecule has 0 aliphatic carbocycles. The van der Waals surface area contributed by atoms with E-state index in [2.05, 4.69) is 12.2 Å². The van der Waals surface area contributed by atoms with Crippen LogP contribution in [0.3, 0.4) is 0 Å². The van der Waals surface area contributed by atoms with Crippen LogP contribution in [0, 0.1) is 0 Å². The molecule has 0 spiro atoms. The van der Waals surface area contributed by atoms with Crippen LogP contribution in [0.2, 0.25) is 0 Å². The van der Waals surface area contributed by atoms with E-state index in [0.29, 0.717) is 5.92 Å². The number of fused-ring (bicyclic) bond motifs is 1. The lowest BCUT2D eigenvalue weighted by Crippen LogP contribution is -2.23. The van der Waals surface area contributed by atoms with Gasteiger partial charge in [0.05, 0.1) is 6.61 Å². The zero-order chi connectivity index (χ0) is 10.8. The molecule has 0 aromatic heterocycles. The highest BCUT2D eigenvalue weighted by atomic mass is 16.5. The van der Waals surface area contributed by atoms with E-state index >= 15 is 0 Å². The highest BCUT2D eigenvalue weighted by Gasteiger charge is 2.23. The van der Waals surface area contributed by atoms with Crippen molar-refractivity contribution in [3.63, 3.8) is 0 Å². The molecule has 1 amide bonds. The van der Waals surface area contributed by atoms with Crippen LogP contribution < -0.4 is 10.1 Å². The van der Waals surface area contributed by atoms with E-state index in [4.69, 9.17) is 4.74 Å². The third-order valence-electron chi connectivity index (χ3n) is 2.84. The number of carbonyl (C=O) groups is 1. The molecule has 1 unspecified atom stereocenters. The van der Waals surface area contributed by atoms with E-state index in [1.807, 2.05) is 18.2 Å². The number of ether oxygens (including phenoxy) is 1. The van der Waals surface area contributed by atoms with Crippen molar-refractivity contribution in [2.45, 2.75) is 19.3 Å². The fourth-order valence-electron chi connectivity index (χ4n) is 2.00. The first-order valence-electron chi connectivity index (χ1n) is 5.22. The lowest BCUT2D eigenvalue weighted by atomic mass is 9.90. The first-order valence-corrected chi connectivity index (χ1v) is 5.22. The van der Waals surface area contributed by atoms with Crippen LogP contribution >= 0.6 is 0 Å². The van der Waals surface area contributed by atoms with Gasteiger partial charge in [-0.25, -0.2) is 0 Å². The van der Waals surface area contributed by atoms with Gasteiger partial charge < -0.3 is 10.1 Å². The Morgan fingerprint density at radius 1 is 1.53 bits per heavy atom. The molecule has 1 heterocycles. The van der Waals surface area contributed by atoms with Crippen LogP contribution in [-0.2, 0) is 0 Å². The average Bonchev–Trinajstić information content (AvgIpc) is 2.28. The summed E-state index contributed by atoms with van der Waals surface area (Å²) in [5.41, 5.74) is 1.78. The number of nitrogens with one attached hydrogen (secondary N) is 1. The van der Waals surface area contributed by atoms with Gasteiger partial charge in [0.25, 0.3) is 5.91 Å². The van der Waals surface area contributed by atoms with Crippen LogP contribution in [0.25, 0.3) is 0 Å². The van der Waals surface area contributed by atoms with Crippen LogP contribution in [0.5, 0.6) is 5.75 Å². The van der Waals surface area contributed by atoms with Crippen LogP contribution in [0.1, 0.15) is 35.2 Å². The lowest BCUT2D eigenvalue weighted by Gasteiger charge is -2.25. The van der Waals surface area contributed by atoms with Gasteiger partial charge in [0.2, 0.25) is 0 Å². The van der Waals surface area contributed by atoms with Gasteiger partial charge in [-0.15, -0.1) is 0 Å².